The van der Waals surface area contributed by atoms with Crippen LogP contribution in [0.1, 0.15) is 51.0 Å². The fourth-order valence-electron chi connectivity index (χ4n) is 5.14. The van der Waals surface area contributed by atoms with Crippen LogP contribution < -0.4 is 9.62 Å². The highest BCUT2D eigenvalue weighted by Gasteiger charge is 2.34. The second-order valence-electron chi connectivity index (χ2n) is 10.2. The van der Waals surface area contributed by atoms with Crippen molar-refractivity contribution in [2.24, 2.45) is 0 Å². The van der Waals surface area contributed by atoms with Crippen molar-refractivity contribution in [3.8, 4) is 0 Å². The van der Waals surface area contributed by atoms with E-state index in [4.69, 9.17) is 23.2 Å². The Labute approximate surface area is 252 Å². The van der Waals surface area contributed by atoms with Crippen LogP contribution >= 0.6 is 23.2 Å². The largest absolute Gasteiger partial charge is 0.352 e. The van der Waals surface area contributed by atoms with E-state index in [0.29, 0.717) is 16.5 Å². The van der Waals surface area contributed by atoms with Crippen molar-refractivity contribution in [1.82, 2.24) is 10.2 Å². The normalized spacial score (nSPS) is 14.7. The van der Waals surface area contributed by atoms with Crippen LogP contribution in [0, 0.1) is 0 Å². The van der Waals surface area contributed by atoms with E-state index in [1.165, 1.54) is 35.2 Å². The highest BCUT2D eigenvalue weighted by molar-refractivity contribution is 7.92. The fourth-order valence-corrected chi connectivity index (χ4v) is 6.85. The number of nitrogens with one attached hydrogen (secondary N) is 1. The smallest absolute Gasteiger partial charge is 0.264 e. The quantitative estimate of drug-likeness (QED) is 0.269. The molecule has 41 heavy (non-hydrogen) atoms. The zero-order valence-corrected chi connectivity index (χ0v) is 25.3. The van der Waals surface area contributed by atoms with Crippen molar-refractivity contribution in [1.29, 1.82) is 0 Å². The van der Waals surface area contributed by atoms with Crippen LogP contribution in [-0.2, 0) is 26.2 Å². The van der Waals surface area contributed by atoms with Crippen molar-refractivity contribution in [3.63, 3.8) is 0 Å². The maximum absolute atomic E-state index is 14.1. The summed E-state index contributed by atoms with van der Waals surface area (Å²) in [6.45, 7) is 1.49. The minimum atomic E-state index is -4.20. The molecule has 3 aromatic carbocycles. The van der Waals surface area contributed by atoms with Gasteiger partial charge in [-0.1, -0.05) is 85.8 Å². The maximum atomic E-state index is 14.1. The topological polar surface area (TPSA) is 86.8 Å². The number of nitrogens with zero attached hydrogens (tertiary/aromatic N) is 2. The van der Waals surface area contributed by atoms with Gasteiger partial charge in [0.15, 0.2) is 0 Å². The molecular formula is C31H35Cl2N3O4S. The minimum Gasteiger partial charge on any atom is -0.352 e. The van der Waals surface area contributed by atoms with E-state index >= 15 is 0 Å². The van der Waals surface area contributed by atoms with Crippen molar-refractivity contribution < 1.29 is 18.0 Å². The number of amides is 2. The monoisotopic (exact) mass is 615 g/mol. The van der Waals surface area contributed by atoms with E-state index in [1.807, 2.05) is 37.3 Å². The summed E-state index contributed by atoms with van der Waals surface area (Å²) >= 11 is 12.2. The van der Waals surface area contributed by atoms with Gasteiger partial charge < -0.3 is 10.2 Å². The molecule has 1 N–H and O–H groups in total. The Morgan fingerprint density at radius 1 is 0.902 bits per heavy atom. The van der Waals surface area contributed by atoms with Gasteiger partial charge in [-0.2, -0.15) is 0 Å². The number of carbonyl (C=O) groups excluding carboxylic acids is 2. The van der Waals surface area contributed by atoms with Gasteiger partial charge in [-0.15, -0.1) is 0 Å². The van der Waals surface area contributed by atoms with Crippen LogP contribution in [0.5, 0.6) is 0 Å². The number of hydrogen-bond donors (Lipinski definition) is 1. The molecule has 1 atom stereocenters. The molecule has 0 aliphatic heterocycles. The lowest BCUT2D eigenvalue weighted by atomic mass is 9.95. The number of benzene rings is 3. The van der Waals surface area contributed by atoms with Crippen molar-refractivity contribution >= 4 is 50.7 Å². The van der Waals surface area contributed by atoms with Crippen LogP contribution in [0.25, 0.3) is 0 Å². The molecule has 0 unspecified atom stereocenters. The predicted octanol–water partition coefficient (Wildman–Crippen LogP) is 6.45. The number of sulfonamides is 1. The number of hydrogen-bond acceptors (Lipinski definition) is 4. The van der Waals surface area contributed by atoms with Gasteiger partial charge in [0, 0.05) is 22.6 Å². The van der Waals surface area contributed by atoms with E-state index in [-0.39, 0.29) is 29.1 Å². The summed E-state index contributed by atoms with van der Waals surface area (Å²) in [6, 6.07) is 20.8. The summed E-state index contributed by atoms with van der Waals surface area (Å²) < 4.78 is 28.8. The van der Waals surface area contributed by atoms with Gasteiger partial charge in [0.1, 0.15) is 12.6 Å². The van der Waals surface area contributed by atoms with Gasteiger partial charge >= 0.3 is 0 Å². The Kier molecular flexibility index (Phi) is 10.7. The Bertz CT molecular complexity index is 1430. The highest BCUT2D eigenvalue weighted by Crippen LogP contribution is 2.28. The standard InChI is InChI=1S/C31H35Cl2N3O4S/c1-2-29(31(38)34-26-13-7-4-8-14-26)35(21-23-10-5-3-6-11-23)30(37)22-36(27-15-9-12-25(33)20-27)41(39,40)28-18-16-24(32)17-19-28/h3,5-6,9-12,15-20,26,29H,2,4,7-8,13-14,21-22H2,1H3,(H,34,38)/t29-/m1/s1. The molecule has 4 rings (SSSR count). The first-order valence-corrected chi connectivity index (χ1v) is 16.1. The van der Waals surface area contributed by atoms with Crippen LogP contribution in [0.15, 0.2) is 83.8 Å². The summed E-state index contributed by atoms with van der Waals surface area (Å²) in [5.41, 5.74) is 1.07. The second kappa shape index (κ2) is 14.2. The molecule has 1 fully saturated rings. The molecule has 0 heterocycles. The number of halogens is 2. The summed E-state index contributed by atoms with van der Waals surface area (Å²) in [5, 5.41) is 3.86. The zero-order chi connectivity index (χ0) is 29.4. The summed E-state index contributed by atoms with van der Waals surface area (Å²) in [7, 11) is -4.20. The van der Waals surface area contributed by atoms with Crippen molar-refractivity contribution in [3.05, 3.63) is 94.5 Å². The van der Waals surface area contributed by atoms with E-state index in [0.717, 1.165) is 42.0 Å². The molecule has 218 valence electrons. The molecule has 10 heteroatoms. The van der Waals surface area contributed by atoms with Gasteiger partial charge in [-0.05, 0) is 67.3 Å². The van der Waals surface area contributed by atoms with Crippen LogP contribution in [0.3, 0.4) is 0 Å². The van der Waals surface area contributed by atoms with E-state index in [9.17, 15) is 18.0 Å². The number of anilines is 1. The number of rotatable bonds is 11. The molecule has 2 amide bonds. The molecule has 1 aliphatic carbocycles. The molecule has 0 bridgehead atoms. The first-order valence-electron chi connectivity index (χ1n) is 13.9. The van der Waals surface area contributed by atoms with Crippen LogP contribution in [0.4, 0.5) is 5.69 Å². The third-order valence-electron chi connectivity index (χ3n) is 7.31. The summed E-state index contributed by atoms with van der Waals surface area (Å²) in [6.07, 6.45) is 5.48. The van der Waals surface area contributed by atoms with Crippen molar-refractivity contribution in [2.75, 3.05) is 10.8 Å². The lowest BCUT2D eigenvalue weighted by Crippen LogP contribution is -2.54. The van der Waals surface area contributed by atoms with E-state index in [1.54, 1.807) is 18.2 Å². The lowest BCUT2D eigenvalue weighted by Gasteiger charge is -2.34. The molecule has 1 saturated carbocycles. The van der Waals surface area contributed by atoms with E-state index < -0.39 is 28.5 Å². The van der Waals surface area contributed by atoms with Gasteiger partial charge in [0.25, 0.3) is 10.0 Å². The van der Waals surface area contributed by atoms with Gasteiger partial charge in [0.05, 0.1) is 10.6 Å². The van der Waals surface area contributed by atoms with Gasteiger partial charge in [-0.3, -0.25) is 13.9 Å². The first kappa shape index (κ1) is 30.9. The Balaban J connectivity index is 1.69. The van der Waals surface area contributed by atoms with Crippen LogP contribution in [-0.4, -0.2) is 43.8 Å². The minimum absolute atomic E-state index is 0.0219. The maximum Gasteiger partial charge on any atom is 0.264 e. The molecule has 3 aromatic rings. The Morgan fingerprint density at radius 2 is 1.59 bits per heavy atom. The molecule has 7 nitrogen and oxygen atoms in total. The zero-order valence-electron chi connectivity index (χ0n) is 23.0. The molecule has 0 spiro atoms. The molecule has 0 saturated heterocycles. The fraction of sp³-hybridized carbons (Fsp3) is 0.355. The highest BCUT2D eigenvalue weighted by atomic mass is 35.5. The molecule has 1 aliphatic rings. The summed E-state index contributed by atoms with van der Waals surface area (Å²) in [5.74, 6) is -0.726. The molecule has 0 aromatic heterocycles. The van der Waals surface area contributed by atoms with Gasteiger partial charge in [0.2, 0.25) is 11.8 Å². The Hall–Kier alpha value is -3.07. The first-order chi connectivity index (χ1) is 19.7. The average molecular weight is 617 g/mol. The second-order valence-corrected chi connectivity index (χ2v) is 13.0. The molecular weight excluding hydrogens is 581 g/mol. The van der Waals surface area contributed by atoms with Crippen LogP contribution in [0.2, 0.25) is 10.0 Å². The molecule has 0 radical (unpaired) electrons. The van der Waals surface area contributed by atoms with E-state index in [2.05, 4.69) is 5.32 Å². The third kappa shape index (κ3) is 8.03. The van der Waals surface area contributed by atoms with Crippen molar-refractivity contribution in [2.45, 2.75) is 69.0 Å². The summed E-state index contributed by atoms with van der Waals surface area (Å²) in [4.78, 5) is 29.2. The average Bonchev–Trinajstić information content (AvgIpc) is 2.97. The predicted molar refractivity (Wildman–Crippen MR) is 164 cm³/mol. The Morgan fingerprint density at radius 3 is 2.22 bits per heavy atom. The number of carbonyl (C=O) groups is 2. The third-order valence-corrected chi connectivity index (χ3v) is 9.59. The van der Waals surface area contributed by atoms with Gasteiger partial charge in [-0.25, -0.2) is 8.42 Å². The SMILES string of the molecule is CC[C@H](C(=O)NC1CCCCC1)N(Cc1ccccc1)C(=O)CN(c1cccc(Cl)c1)S(=O)(=O)c1ccc(Cl)cc1. The lowest BCUT2D eigenvalue weighted by molar-refractivity contribution is -0.140.